The van der Waals surface area contributed by atoms with Gasteiger partial charge in [0.15, 0.2) is 0 Å². The van der Waals surface area contributed by atoms with Crippen LogP contribution in [0.4, 0.5) is 13.2 Å². The molecule has 0 heterocycles. The fraction of sp³-hybridized carbons (Fsp3) is 0.273. The van der Waals surface area contributed by atoms with Crippen molar-refractivity contribution in [3.63, 3.8) is 0 Å². The topological polar surface area (TPSA) is 29.5 Å². The molecular weight excluding hydrogens is 221 g/mol. The maximum atomic E-state index is 12.2. The van der Waals surface area contributed by atoms with Gasteiger partial charge in [-0.2, -0.15) is 13.2 Å². The Balaban J connectivity index is 2.63. The highest BCUT2D eigenvalue weighted by Crippen LogP contribution is 2.30. The first-order chi connectivity index (χ1) is 7.43. The minimum atomic E-state index is -4.36. The molecule has 0 saturated heterocycles. The number of rotatable bonds is 3. The van der Waals surface area contributed by atoms with Gasteiger partial charge < -0.3 is 9.84 Å². The van der Waals surface area contributed by atoms with E-state index in [9.17, 15) is 13.2 Å². The van der Waals surface area contributed by atoms with Crippen LogP contribution in [0.15, 0.2) is 24.3 Å². The molecule has 0 aliphatic heterocycles. The van der Waals surface area contributed by atoms with E-state index in [2.05, 4.69) is 0 Å². The zero-order chi connectivity index (χ0) is 12.2. The maximum absolute atomic E-state index is 12.2. The number of halogens is 3. The second-order valence-corrected chi connectivity index (χ2v) is 3.02. The molecular formula is C11H9F3O2. The molecule has 0 amide bonds. The molecule has 0 saturated carbocycles. The Labute approximate surface area is 90.7 Å². The molecule has 0 aromatic heterocycles. The lowest BCUT2D eigenvalue weighted by atomic mass is 10.2. The summed E-state index contributed by atoms with van der Waals surface area (Å²) >= 11 is 0. The number of hydrogen-bond donors (Lipinski definition) is 1. The van der Waals surface area contributed by atoms with E-state index in [-0.39, 0.29) is 12.4 Å². The van der Waals surface area contributed by atoms with E-state index in [1.54, 1.807) is 0 Å². The minimum Gasteiger partial charge on any atom is -0.490 e. The van der Waals surface area contributed by atoms with Crippen LogP contribution in [0.1, 0.15) is 5.56 Å². The average molecular weight is 230 g/mol. The van der Waals surface area contributed by atoms with E-state index in [0.29, 0.717) is 0 Å². The van der Waals surface area contributed by atoms with Crippen LogP contribution >= 0.6 is 0 Å². The quantitative estimate of drug-likeness (QED) is 0.805. The Kier molecular flexibility index (Phi) is 3.80. The summed E-state index contributed by atoms with van der Waals surface area (Å²) in [6.45, 7) is -0.151. The summed E-state index contributed by atoms with van der Waals surface area (Å²) < 4.78 is 41.5. The summed E-state index contributed by atoms with van der Waals surface area (Å²) in [7, 11) is 0. The molecule has 0 radical (unpaired) electrons. The van der Waals surface area contributed by atoms with E-state index < -0.39 is 17.8 Å². The van der Waals surface area contributed by atoms with Crippen molar-refractivity contribution >= 4 is 0 Å². The van der Waals surface area contributed by atoms with Crippen molar-refractivity contribution in [3.05, 3.63) is 29.8 Å². The number of terminal acetylenes is 1. The molecule has 1 unspecified atom stereocenters. The van der Waals surface area contributed by atoms with Crippen molar-refractivity contribution in [2.75, 3.05) is 6.61 Å². The molecule has 1 rings (SSSR count). The van der Waals surface area contributed by atoms with E-state index in [1.165, 1.54) is 12.1 Å². The van der Waals surface area contributed by atoms with Gasteiger partial charge in [-0.05, 0) is 24.3 Å². The second-order valence-electron chi connectivity index (χ2n) is 3.02. The zero-order valence-electron chi connectivity index (χ0n) is 8.16. The van der Waals surface area contributed by atoms with Gasteiger partial charge in [0, 0.05) is 0 Å². The molecule has 1 aromatic rings. The molecule has 1 atom stereocenters. The number of alkyl halides is 3. The second kappa shape index (κ2) is 4.90. The molecule has 0 aliphatic rings. The van der Waals surface area contributed by atoms with Crippen molar-refractivity contribution in [1.82, 2.24) is 0 Å². The molecule has 0 fully saturated rings. The molecule has 1 N–H and O–H groups in total. The number of aliphatic hydroxyl groups is 1. The van der Waals surface area contributed by atoms with E-state index in [4.69, 9.17) is 16.3 Å². The minimum absolute atomic E-state index is 0.151. The summed E-state index contributed by atoms with van der Waals surface area (Å²) in [5, 5.41) is 8.96. The van der Waals surface area contributed by atoms with Crippen molar-refractivity contribution in [1.29, 1.82) is 0 Å². The highest BCUT2D eigenvalue weighted by molar-refractivity contribution is 5.28. The van der Waals surface area contributed by atoms with Crippen LogP contribution < -0.4 is 4.74 Å². The van der Waals surface area contributed by atoms with Gasteiger partial charge >= 0.3 is 6.18 Å². The van der Waals surface area contributed by atoms with Gasteiger partial charge in [-0.3, -0.25) is 0 Å². The van der Waals surface area contributed by atoms with Crippen LogP contribution in [0.25, 0.3) is 0 Å². The Hall–Kier alpha value is -1.67. The van der Waals surface area contributed by atoms with Crippen LogP contribution in [0.3, 0.4) is 0 Å². The van der Waals surface area contributed by atoms with E-state index in [1.807, 2.05) is 5.92 Å². The fourth-order valence-electron chi connectivity index (χ4n) is 0.963. The summed E-state index contributed by atoms with van der Waals surface area (Å²) in [6, 6.07) is 4.15. The number of ether oxygens (including phenoxy) is 1. The molecule has 2 nitrogen and oxygen atoms in total. The van der Waals surface area contributed by atoms with Gasteiger partial charge in [0.05, 0.1) is 5.56 Å². The summed E-state index contributed by atoms with van der Waals surface area (Å²) in [5.74, 6) is 2.25. The first kappa shape index (κ1) is 12.4. The summed E-state index contributed by atoms with van der Waals surface area (Å²) in [4.78, 5) is 0. The number of aliphatic hydroxyl groups excluding tert-OH is 1. The van der Waals surface area contributed by atoms with Gasteiger partial charge in [0.25, 0.3) is 0 Å². The lowest BCUT2D eigenvalue weighted by Gasteiger charge is -2.09. The zero-order valence-corrected chi connectivity index (χ0v) is 8.16. The lowest BCUT2D eigenvalue weighted by molar-refractivity contribution is -0.137. The molecule has 1 aromatic carbocycles. The van der Waals surface area contributed by atoms with E-state index in [0.717, 1.165) is 12.1 Å². The number of benzene rings is 1. The SMILES string of the molecule is C#CC(O)COc1ccc(C(F)(F)F)cc1. The van der Waals surface area contributed by atoms with Gasteiger partial charge in [-0.25, -0.2) is 0 Å². The monoisotopic (exact) mass is 230 g/mol. The largest absolute Gasteiger partial charge is 0.490 e. The first-order valence-corrected chi connectivity index (χ1v) is 4.37. The summed E-state index contributed by atoms with van der Waals surface area (Å²) in [6.07, 6.45) is -0.543. The third-order valence-electron chi connectivity index (χ3n) is 1.78. The average Bonchev–Trinajstić information content (AvgIpc) is 2.25. The molecule has 0 bridgehead atoms. The van der Waals surface area contributed by atoms with Crippen LogP contribution in [0.2, 0.25) is 0 Å². The van der Waals surface area contributed by atoms with Crippen LogP contribution in [0.5, 0.6) is 5.75 Å². The maximum Gasteiger partial charge on any atom is 0.416 e. The molecule has 16 heavy (non-hydrogen) atoms. The molecule has 5 heteroatoms. The van der Waals surface area contributed by atoms with Gasteiger partial charge in [0.2, 0.25) is 0 Å². The fourth-order valence-corrected chi connectivity index (χ4v) is 0.963. The number of hydrogen-bond acceptors (Lipinski definition) is 2. The van der Waals surface area contributed by atoms with Gasteiger partial charge in [-0.15, -0.1) is 6.42 Å². The predicted octanol–water partition coefficient (Wildman–Crippen LogP) is 2.08. The molecule has 0 spiro atoms. The van der Waals surface area contributed by atoms with Crippen LogP contribution in [-0.4, -0.2) is 17.8 Å². The van der Waals surface area contributed by atoms with Crippen molar-refractivity contribution in [3.8, 4) is 18.1 Å². The van der Waals surface area contributed by atoms with Gasteiger partial charge in [0.1, 0.15) is 18.5 Å². The van der Waals surface area contributed by atoms with Crippen LogP contribution in [0, 0.1) is 12.3 Å². The standard InChI is InChI=1S/C11H9F3O2/c1-2-9(15)7-16-10-5-3-8(4-6-10)11(12,13)14/h1,3-6,9,15H,7H2. The summed E-state index contributed by atoms with van der Waals surface area (Å²) in [5.41, 5.74) is -0.752. The molecule has 86 valence electrons. The Morgan fingerprint density at radius 1 is 1.31 bits per heavy atom. The van der Waals surface area contributed by atoms with E-state index >= 15 is 0 Å². The van der Waals surface area contributed by atoms with Crippen LogP contribution in [-0.2, 0) is 6.18 Å². The van der Waals surface area contributed by atoms with Crippen molar-refractivity contribution in [2.45, 2.75) is 12.3 Å². The Morgan fingerprint density at radius 3 is 2.31 bits per heavy atom. The Morgan fingerprint density at radius 2 is 1.88 bits per heavy atom. The lowest BCUT2D eigenvalue weighted by Crippen LogP contribution is -2.14. The van der Waals surface area contributed by atoms with Crippen molar-refractivity contribution < 1.29 is 23.0 Å². The molecule has 0 aliphatic carbocycles. The van der Waals surface area contributed by atoms with Crippen molar-refractivity contribution in [2.24, 2.45) is 0 Å². The predicted molar refractivity (Wildman–Crippen MR) is 51.8 cm³/mol. The third-order valence-corrected chi connectivity index (χ3v) is 1.78. The highest BCUT2D eigenvalue weighted by atomic mass is 19.4. The third kappa shape index (κ3) is 3.48. The van der Waals surface area contributed by atoms with Gasteiger partial charge in [-0.1, -0.05) is 5.92 Å². The smallest absolute Gasteiger partial charge is 0.416 e. The highest BCUT2D eigenvalue weighted by Gasteiger charge is 2.29. The Bertz CT molecular complexity index is 376. The normalized spacial score (nSPS) is 12.9. The first-order valence-electron chi connectivity index (χ1n) is 4.37.